The highest BCUT2D eigenvalue weighted by atomic mass is 14.7. The van der Waals surface area contributed by atoms with Crippen molar-refractivity contribution in [3.05, 3.63) is 235 Å². The van der Waals surface area contributed by atoms with Gasteiger partial charge >= 0.3 is 0 Å². The number of aryl methyl sites for hydroxylation is 3. The number of benzene rings is 7. The van der Waals surface area contributed by atoms with E-state index in [9.17, 15) is 0 Å². The predicted molar refractivity (Wildman–Crippen MR) is 388 cm³/mol. The van der Waals surface area contributed by atoms with Crippen molar-refractivity contribution >= 4 is 0 Å². The fourth-order valence-corrected chi connectivity index (χ4v) is 12.9. The molecule has 3 nitrogen and oxygen atoms in total. The number of hydrogen-bond acceptors (Lipinski definition) is 3. The topological polar surface area (TPSA) is 38.7 Å². The lowest BCUT2D eigenvalue weighted by molar-refractivity contribution is 0.574. The lowest BCUT2D eigenvalue weighted by atomic mass is 9.91. The van der Waals surface area contributed by atoms with Crippen molar-refractivity contribution < 1.29 is 0 Å². The summed E-state index contributed by atoms with van der Waals surface area (Å²) < 4.78 is 0. The maximum absolute atomic E-state index is 5.26. The molecule has 462 valence electrons. The summed E-state index contributed by atoms with van der Waals surface area (Å²) in [7, 11) is 0. The monoisotopic (exact) mass is 1190 g/mol. The van der Waals surface area contributed by atoms with Crippen molar-refractivity contribution in [2.24, 2.45) is 0 Å². The van der Waals surface area contributed by atoms with E-state index in [-0.39, 0.29) is 0 Å². The van der Waals surface area contributed by atoms with Crippen molar-refractivity contribution in [3.8, 4) is 101 Å². The molecule has 0 bridgehead atoms. The Kier molecular flexibility index (Phi) is 25.6. The third kappa shape index (κ3) is 19.5. The van der Waals surface area contributed by atoms with E-state index in [0.29, 0.717) is 0 Å². The van der Waals surface area contributed by atoms with Crippen molar-refractivity contribution in [3.63, 3.8) is 0 Å². The van der Waals surface area contributed by atoms with Crippen LogP contribution in [0.15, 0.2) is 218 Å². The smallest absolute Gasteiger partial charge is 0.0711 e. The largest absolute Gasteiger partial charge is 0.253 e. The molecular weight excluding hydrogens is 1090 g/mol. The van der Waals surface area contributed by atoms with Gasteiger partial charge in [0.05, 0.1) is 17.1 Å². The molecule has 0 spiro atoms. The number of hydrogen-bond donors (Lipinski definition) is 0. The highest BCUT2D eigenvalue weighted by Gasteiger charge is 2.15. The van der Waals surface area contributed by atoms with Crippen LogP contribution >= 0.6 is 0 Å². The van der Waals surface area contributed by atoms with Crippen molar-refractivity contribution in [1.82, 2.24) is 15.0 Å². The number of aromatic nitrogens is 3. The summed E-state index contributed by atoms with van der Waals surface area (Å²) >= 11 is 0. The Morgan fingerprint density at radius 3 is 0.600 bits per heavy atom. The maximum Gasteiger partial charge on any atom is 0.0711 e. The van der Waals surface area contributed by atoms with Gasteiger partial charge in [0.2, 0.25) is 0 Å². The first-order valence-electron chi connectivity index (χ1n) is 35.2. The standard InChI is InChI=1S/C87H99N3/c1-4-7-10-13-16-19-22-34-43-82-61-79(64-85(88-82)73-37-28-25-29-38-73)70-52-46-67(47-53-70)76-58-77(68-48-54-71(55-49-68)80-62-83(44-35-23-20-17-14-11-8-5-2)89-86(65-80)74-39-30-26-31-40-74)60-78(59-76)69-50-56-72(57-51-69)81-63-84(45-36-24-21-18-15-12-9-6-3)90-87(66-81)75-41-32-27-33-42-75/h25-33,37-42,46-66H,4-24,34-36,43-45H2,1-3H3. The van der Waals surface area contributed by atoms with Gasteiger partial charge < -0.3 is 0 Å². The van der Waals surface area contributed by atoms with E-state index in [1.807, 2.05) is 0 Å². The Labute approximate surface area is 542 Å². The van der Waals surface area contributed by atoms with Crippen molar-refractivity contribution in [1.29, 1.82) is 0 Å². The maximum atomic E-state index is 5.26. The minimum Gasteiger partial charge on any atom is -0.253 e. The molecule has 0 N–H and O–H groups in total. The Bertz CT molecular complexity index is 3290. The molecule has 10 aromatic rings. The van der Waals surface area contributed by atoms with E-state index in [4.69, 9.17) is 15.0 Å². The molecule has 0 aliphatic heterocycles. The first-order valence-corrected chi connectivity index (χ1v) is 35.2. The van der Waals surface area contributed by atoms with Gasteiger partial charge in [0.1, 0.15) is 0 Å². The fourth-order valence-electron chi connectivity index (χ4n) is 12.9. The van der Waals surface area contributed by atoms with Crippen molar-refractivity contribution in [2.75, 3.05) is 0 Å². The molecule has 3 heterocycles. The SMILES string of the molecule is CCCCCCCCCCc1cc(-c2ccc(-c3cc(-c4ccc(-c5cc(CCCCCCCCCC)nc(-c6ccccc6)c5)cc4)cc(-c4ccc(-c5cc(CCCCCCCCCC)nc(-c6ccccc6)c5)cc4)c3)cc2)cc(-c2ccccc2)n1. The molecule has 3 heteroatoms. The minimum absolute atomic E-state index is 0.994. The molecule has 0 saturated carbocycles. The second-order valence-electron chi connectivity index (χ2n) is 25.5. The second kappa shape index (κ2) is 35.4. The minimum atomic E-state index is 0.994. The average molecular weight is 1190 g/mol. The molecule has 0 aliphatic rings. The summed E-state index contributed by atoms with van der Waals surface area (Å²) in [6.45, 7) is 6.88. The van der Waals surface area contributed by atoms with Crippen LogP contribution in [0.25, 0.3) is 101 Å². The lowest BCUT2D eigenvalue weighted by Gasteiger charge is -2.14. The van der Waals surface area contributed by atoms with Crippen LogP contribution in [-0.2, 0) is 19.3 Å². The van der Waals surface area contributed by atoms with Gasteiger partial charge in [-0.3, -0.25) is 15.0 Å². The quantitative estimate of drug-likeness (QED) is 0.0367. The molecule has 3 aromatic heterocycles. The highest BCUT2D eigenvalue weighted by Crippen LogP contribution is 2.38. The molecule has 90 heavy (non-hydrogen) atoms. The Balaban J connectivity index is 0.955. The second-order valence-corrected chi connectivity index (χ2v) is 25.5. The first-order chi connectivity index (χ1) is 44.5. The van der Waals surface area contributed by atoms with Gasteiger partial charge in [-0.2, -0.15) is 0 Å². The van der Waals surface area contributed by atoms with Crippen LogP contribution in [0.3, 0.4) is 0 Å². The third-order valence-corrected chi connectivity index (χ3v) is 18.3. The van der Waals surface area contributed by atoms with Gasteiger partial charge in [-0.25, -0.2) is 0 Å². The summed E-state index contributed by atoms with van der Waals surface area (Å²) in [5.41, 5.74) is 24.6. The molecule has 0 amide bonds. The average Bonchev–Trinajstić information content (AvgIpc) is 1.47. The molecular formula is C87H99N3. The van der Waals surface area contributed by atoms with Gasteiger partial charge in [-0.1, -0.05) is 319 Å². The summed E-state index contributed by atoms with van der Waals surface area (Å²) in [4.78, 5) is 15.8. The van der Waals surface area contributed by atoms with Gasteiger partial charge in [-0.05, 0) is 160 Å². The summed E-state index contributed by atoms with van der Waals surface area (Å²) in [5, 5.41) is 0. The van der Waals surface area contributed by atoms with Gasteiger partial charge in [-0.15, -0.1) is 0 Å². The van der Waals surface area contributed by atoms with Gasteiger partial charge in [0, 0.05) is 33.8 Å². The molecule has 0 saturated heterocycles. The number of rotatable bonds is 36. The first kappa shape index (κ1) is 65.0. The molecule has 0 atom stereocenters. The molecule has 0 unspecified atom stereocenters. The highest BCUT2D eigenvalue weighted by molar-refractivity contribution is 5.84. The Hall–Kier alpha value is -8.01. The predicted octanol–water partition coefficient (Wildman–Crippen LogP) is 25.9. The van der Waals surface area contributed by atoms with Crippen LogP contribution in [0.2, 0.25) is 0 Å². The Morgan fingerprint density at radius 1 is 0.178 bits per heavy atom. The number of nitrogens with zero attached hydrogens (tertiary/aromatic N) is 3. The number of unbranched alkanes of at least 4 members (excludes halogenated alkanes) is 21. The molecule has 0 aliphatic carbocycles. The molecule has 0 radical (unpaired) electrons. The normalized spacial score (nSPS) is 11.4. The van der Waals surface area contributed by atoms with Crippen molar-refractivity contribution in [2.45, 2.75) is 194 Å². The lowest BCUT2D eigenvalue weighted by Crippen LogP contribution is -1.96. The van der Waals surface area contributed by atoms with Gasteiger partial charge in [0.25, 0.3) is 0 Å². The van der Waals surface area contributed by atoms with E-state index in [0.717, 1.165) is 53.0 Å². The van der Waals surface area contributed by atoms with E-state index in [1.165, 1.54) is 238 Å². The van der Waals surface area contributed by atoms with E-state index in [2.05, 4.69) is 239 Å². The van der Waals surface area contributed by atoms with Crippen LogP contribution < -0.4 is 0 Å². The van der Waals surface area contributed by atoms with Crippen LogP contribution in [0.5, 0.6) is 0 Å². The zero-order valence-corrected chi connectivity index (χ0v) is 54.7. The van der Waals surface area contributed by atoms with Gasteiger partial charge in [0.15, 0.2) is 0 Å². The summed E-state index contributed by atoms with van der Waals surface area (Å²) in [5.74, 6) is 0. The van der Waals surface area contributed by atoms with Crippen LogP contribution in [0.1, 0.15) is 192 Å². The van der Waals surface area contributed by atoms with Crippen LogP contribution in [-0.4, -0.2) is 15.0 Å². The third-order valence-electron chi connectivity index (χ3n) is 18.3. The summed E-state index contributed by atoms with van der Waals surface area (Å²) in [6.07, 6.45) is 34.3. The van der Waals surface area contributed by atoms with E-state index in [1.54, 1.807) is 0 Å². The Morgan fingerprint density at radius 2 is 0.378 bits per heavy atom. The number of pyridine rings is 3. The van der Waals surface area contributed by atoms with Crippen LogP contribution in [0, 0.1) is 0 Å². The molecule has 10 rings (SSSR count). The summed E-state index contributed by atoms with van der Waals surface area (Å²) in [6, 6.07) is 81.0. The zero-order chi connectivity index (χ0) is 61.8. The van der Waals surface area contributed by atoms with Crippen LogP contribution in [0.4, 0.5) is 0 Å². The molecule has 7 aromatic carbocycles. The van der Waals surface area contributed by atoms with E-state index < -0.39 is 0 Å². The molecule has 0 fully saturated rings. The van der Waals surface area contributed by atoms with E-state index >= 15 is 0 Å². The zero-order valence-electron chi connectivity index (χ0n) is 54.7. The fraction of sp³-hybridized carbons (Fsp3) is 0.345.